The molecule has 27 heavy (non-hydrogen) atoms. The molecule has 1 aliphatic carbocycles. The Morgan fingerprint density at radius 1 is 1.33 bits per heavy atom. The summed E-state index contributed by atoms with van der Waals surface area (Å²) in [5, 5.41) is 21.2. The van der Waals surface area contributed by atoms with Crippen LogP contribution in [0.2, 0.25) is 0 Å². The van der Waals surface area contributed by atoms with Gasteiger partial charge in [0, 0.05) is 28.0 Å². The number of amides is 1. The van der Waals surface area contributed by atoms with Gasteiger partial charge >= 0.3 is 5.97 Å². The minimum atomic E-state index is -0.905. The number of carboxylic acids is 1. The van der Waals surface area contributed by atoms with Crippen molar-refractivity contribution in [3.63, 3.8) is 0 Å². The Bertz CT molecular complexity index is 909. The number of allylic oxidation sites excluding steroid dienone is 2. The molecule has 7 heteroatoms. The van der Waals surface area contributed by atoms with E-state index in [4.69, 9.17) is 5.26 Å². The number of benzene rings is 1. The molecule has 0 radical (unpaired) electrons. The molecule has 1 aromatic carbocycles. The minimum Gasteiger partial charge on any atom is -0.480 e. The molecule has 2 aliphatic rings. The van der Waals surface area contributed by atoms with Crippen LogP contribution in [0.4, 0.5) is 0 Å². The van der Waals surface area contributed by atoms with E-state index in [1.807, 2.05) is 42.2 Å². The zero-order valence-electron chi connectivity index (χ0n) is 15.0. The van der Waals surface area contributed by atoms with Crippen LogP contribution in [0.3, 0.4) is 0 Å². The minimum absolute atomic E-state index is 0.117. The van der Waals surface area contributed by atoms with Gasteiger partial charge in [-0.2, -0.15) is 5.26 Å². The van der Waals surface area contributed by atoms with Crippen LogP contribution in [0.1, 0.15) is 19.4 Å². The van der Waals surface area contributed by atoms with Crippen LogP contribution in [-0.2, 0) is 9.59 Å². The van der Waals surface area contributed by atoms with Gasteiger partial charge in [-0.1, -0.05) is 23.9 Å². The maximum absolute atomic E-state index is 11.6. The summed E-state index contributed by atoms with van der Waals surface area (Å²) in [4.78, 5) is 26.8. The molecule has 0 aromatic heterocycles. The van der Waals surface area contributed by atoms with Gasteiger partial charge in [-0.3, -0.25) is 9.59 Å². The fourth-order valence-electron chi connectivity index (χ4n) is 3.28. The summed E-state index contributed by atoms with van der Waals surface area (Å²) in [6.07, 6.45) is 5.63. The van der Waals surface area contributed by atoms with E-state index in [-0.39, 0.29) is 24.5 Å². The Morgan fingerprint density at radius 2 is 2.04 bits per heavy atom. The topological polar surface area (TPSA) is 93.4 Å². The summed E-state index contributed by atoms with van der Waals surface area (Å²) in [7, 11) is 0. The normalized spacial score (nSPS) is 20.8. The van der Waals surface area contributed by atoms with Gasteiger partial charge in [-0.15, -0.1) is 0 Å². The standard InChI is InChI=1S/C20H19N3O3S/c1-12-20(27-15-8-6-14(10-21)7-9-15)19-16(22-13(2)24)4-3-5-17(19)23(12)11-18(25)26/h3-9,12,16H,11H2,1-2H3,(H,22,24)(H,25,26). The number of rotatable bonds is 5. The van der Waals surface area contributed by atoms with Crippen molar-refractivity contribution in [2.24, 2.45) is 0 Å². The van der Waals surface area contributed by atoms with E-state index in [1.165, 1.54) is 18.7 Å². The highest BCUT2D eigenvalue weighted by Gasteiger charge is 2.38. The number of thioether (sulfide) groups is 1. The van der Waals surface area contributed by atoms with E-state index >= 15 is 0 Å². The van der Waals surface area contributed by atoms with Crippen molar-refractivity contribution in [3.05, 3.63) is 64.2 Å². The van der Waals surface area contributed by atoms with Crippen LogP contribution >= 0.6 is 11.8 Å². The second kappa shape index (κ2) is 7.72. The summed E-state index contributed by atoms with van der Waals surface area (Å²) in [5.74, 6) is -1.05. The monoisotopic (exact) mass is 381 g/mol. The molecule has 0 fully saturated rings. The molecule has 2 atom stereocenters. The largest absolute Gasteiger partial charge is 0.480 e. The fraction of sp³-hybridized carbons (Fsp3) is 0.250. The lowest BCUT2D eigenvalue weighted by atomic mass is 9.99. The third kappa shape index (κ3) is 3.91. The molecule has 0 saturated carbocycles. The molecule has 1 amide bonds. The van der Waals surface area contributed by atoms with Crippen LogP contribution in [0, 0.1) is 11.3 Å². The second-order valence-corrected chi connectivity index (χ2v) is 7.44. The molecule has 3 rings (SSSR count). The lowest BCUT2D eigenvalue weighted by Crippen LogP contribution is -2.37. The SMILES string of the molecule is CC(=O)NC1C=CC=C2C1=C(Sc1ccc(C#N)cc1)C(C)N2CC(=O)O. The number of nitrogens with one attached hydrogen (secondary N) is 1. The Hall–Kier alpha value is -2.98. The maximum atomic E-state index is 11.6. The van der Waals surface area contributed by atoms with E-state index in [9.17, 15) is 14.7 Å². The molecule has 0 bridgehead atoms. The number of carbonyl (C=O) groups excluding carboxylic acids is 1. The molecular weight excluding hydrogens is 362 g/mol. The Balaban J connectivity index is 2.00. The Labute approximate surface area is 161 Å². The molecule has 2 unspecified atom stereocenters. The third-order valence-electron chi connectivity index (χ3n) is 4.44. The Kier molecular flexibility index (Phi) is 5.38. The molecular formula is C20H19N3O3S. The van der Waals surface area contributed by atoms with Crippen LogP contribution in [0.5, 0.6) is 0 Å². The maximum Gasteiger partial charge on any atom is 0.323 e. The first kappa shape index (κ1) is 18.8. The van der Waals surface area contributed by atoms with Crippen LogP contribution in [0.15, 0.2) is 63.6 Å². The molecule has 138 valence electrons. The Morgan fingerprint density at radius 3 is 2.63 bits per heavy atom. The third-order valence-corrected chi connectivity index (χ3v) is 5.73. The number of hydrogen-bond donors (Lipinski definition) is 2. The average molecular weight is 381 g/mol. The number of fused-ring (bicyclic) bond motifs is 1. The first-order chi connectivity index (χ1) is 12.9. The highest BCUT2D eigenvalue weighted by molar-refractivity contribution is 8.03. The lowest BCUT2D eigenvalue weighted by molar-refractivity contribution is -0.138. The van der Waals surface area contributed by atoms with E-state index in [0.717, 1.165) is 21.1 Å². The predicted molar refractivity (Wildman–Crippen MR) is 103 cm³/mol. The van der Waals surface area contributed by atoms with E-state index in [1.54, 1.807) is 12.1 Å². The van der Waals surface area contributed by atoms with Gasteiger partial charge in [0.15, 0.2) is 0 Å². The van der Waals surface area contributed by atoms with Gasteiger partial charge in [-0.25, -0.2) is 0 Å². The van der Waals surface area contributed by atoms with Crippen molar-refractivity contribution in [3.8, 4) is 6.07 Å². The average Bonchev–Trinajstić information content (AvgIpc) is 2.88. The second-order valence-electron chi connectivity index (χ2n) is 6.33. The lowest BCUT2D eigenvalue weighted by Gasteiger charge is -2.27. The molecule has 1 heterocycles. The number of nitrogens with zero attached hydrogens (tertiary/aromatic N) is 2. The number of hydrogen-bond acceptors (Lipinski definition) is 5. The van der Waals surface area contributed by atoms with Gasteiger partial charge in [0.25, 0.3) is 0 Å². The molecule has 2 N–H and O–H groups in total. The summed E-state index contributed by atoms with van der Waals surface area (Å²) in [6.45, 7) is 3.31. The quantitative estimate of drug-likeness (QED) is 0.814. The van der Waals surface area contributed by atoms with Crippen LogP contribution in [-0.4, -0.2) is 40.5 Å². The van der Waals surface area contributed by atoms with Gasteiger partial charge < -0.3 is 15.3 Å². The highest BCUT2D eigenvalue weighted by atomic mass is 32.2. The van der Waals surface area contributed by atoms with Crippen molar-refractivity contribution >= 4 is 23.6 Å². The summed E-state index contributed by atoms with van der Waals surface area (Å²) < 4.78 is 0. The van der Waals surface area contributed by atoms with Gasteiger partial charge in [0.1, 0.15) is 6.54 Å². The van der Waals surface area contributed by atoms with E-state index < -0.39 is 5.97 Å². The highest BCUT2D eigenvalue weighted by Crippen LogP contribution is 2.45. The molecule has 1 aliphatic heterocycles. The van der Waals surface area contributed by atoms with Crippen molar-refractivity contribution in [2.75, 3.05) is 6.54 Å². The van der Waals surface area contributed by atoms with Crippen LogP contribution in [0.25, 0.3) is 0 Å². The van der Waals surface area contributed by atoms with E-state index in [0.29, 0.717) is 5.56 Å². The van der Waals surface area contributed by atoms with Crippen molar-refractivity contribution < 1.29 is 14.7 Å². The van der Waals surface area contributed by atoms with Gasteiger partial charge in [0.05, 0.1) is 23.7 Å². The first-order valence-corrected chi connectivity index (χ1v) is 9.29. The molecule has 1 aromatic rings. The van der Waals surface area contributed by atoms with Crippen molar-refractivity contribution in [1.29, 1.82) is 5.26 Å². The smallest absolute Gasteiger partial charge is 0.323 e. The summed E-state index contributed by atoms with van der Waals surface area (Å²) in [6, 6.07) is 8.92. The fourth-order valence-corrected chi connectivity index (χ4v) is 4.45. The summed E-state index contributed by atoms with van der Waals surface area (Å²) >= 11 is 1.54. The molecule has 6 nitrogen and oxygen atoms in total. The number of nitriles is 1. The number of carboxylic acid groups (broad SMARTS) is 1. The zero-order valence-corrected chi connectivity index (χ0v) is 15.8. The predicted octanol–water partition coefficient (Wildman–Crippen LogP) is 2.65. The number of carbonyl (C=O) groups is 2. The van der Waals surface area contributed by atoms with Gasteiger partial charge in [-0.05, 0) is 37.3 Å². The molecule has 0 spiro atoms. The number of aliphatic carboxylic acids is 1. The van der Waals surface area contributed by atoms with Crippen molar-refractivity contribution in [2.45, 2.75) is 30.8 Å². The van der Waals surface area contributed by atoms with E-state index in [2.05, 4.69) is 11.4 Å². The first-order valence-electron chi connectivity index (χ1n) is 8.47. The van der Waals surface area contributed by atoms with Gasteiger partial charge in [0.2, 0.25) is 5.91 Å². The van der Waals surface area contributed by atoms with Crippen LogP contribution < -0.4 is 5.32 Å². The molecule has 0 saturated heterocycles. The van der Waals surface area contributed by atoms with Crippen molar-refractivity contribution in [1.82, 2.24) is 10.2 Å². The summed E-state index contributed by atoms with van der Waals surface area (Å²) in [5.41, 5.74) is 2.33. The zero-order chi connectivity index (χ0) is 19.6.